The molecule has 0 aliphatic carbocycles. The topological polar surface area (TPSA) is 28.8 Å². The minimum absolute atomic E-state index is 0.635. The number of rotatable bonds is 3. The van der Waals surface area contributed by atoms with E-state index in [2.05, 4.69) is 4.57 Å². The van der Waals surface area contributed by atoms with Gasteiger partial charge in [-0.1, -0.05) is 47.5 Å². The lowest BCUT2D eigenvalue weighted by Crippen LogP contribution is -1.98. The van der Waals surface area contributed by atoms with Crippen molar-refractivity contribution in [2.75, 3.05) is 0 Å². The van der Waals surface area contributed by atoms with Gasteiger partial charge in [-0.25, -0.2) is 0 Å². The second-order valence-electron chi connectivity index (χ2n) is 4.61. The molecule has 0 bridgehead atoms. The van der Waals surface area contributed by atoms with E-state index < -0.39 is 0 Å². The van der Waals surface area contributed by atoms with Crippen molar-refractivity contribution in [1.29, 1.82) is 5.41 Å². The molecule has 0 spiro atoms. The van der Waals surface area contributed by atoms with Gasteiger partial charge in [0, 0.05) is 45.5 Å². The van der Waals surface area contributed by atoms with Gasteiger partial charge < -0.3 is 9.98 Å². The summed E-state index contributed by atoms with van der Waals surface area (Å²) in [5, 5.41) is 9.88. The molecule has 20 heavy (non-hydrogen) atoms. The molecule has 0 saturated carbocycles. The van der Waals surface area contributed by atoms with E-state index >= 15 is 0 Å². The molecule has 1 aromatic heterocycles. The number of nitrogens with one attached hydrogen (secondary N) is 1. The van der Waals surface area contributed by atoms with Gasteiger partial charge in [-0.3, -0.25) is 0 Å². The molecular weight excluding hydrogens is 291 g/mol. The third kappa shape index (κ3) is 2.33. The van der Waals surface area contributed by atoms with Crippen LogP contribution in [-0.4, -0.2) is 10.8 Å². The first kappa shape index (κ1) is 13.2. The minimum Gasteiger partial charge on any atom is -0.342 e. The van der Waals surface area contributed by atoms with Crippen LogP contribution in [0.3, 0.4) is 0 Å². The number of aromatic nitrogens is 1. The molecule has 0 aliphatic rings. The SMILES string of the molecule is N=Cc1cn(Cc2ccc(Cl)cc2Cl)c2ccccc12. The van der Waals surface area contributed by atoms with Crippen LogP contribution in [0, 0.1) is 5.41 Å². The van der Waals surface area contributed by atoms with Crippen LogP contribution in [0.25, 0.3) is 10.9 Å². The van der Waals surface area contributed by atoms with Crippen molar-refractivity contribution in [3.63, 3.8) is 0 Å². The number of benzene rings is 2. The first-order chi connectivity index (χ1) is 9.69. The quantitative estimate of drug-likeness (QED) is 0.660. The maximum Gasteiger partial charge on any atom is 0.0491 e. The van der Waals surface area contributed by atoms with Gasteiger partial charge in [0.15, 0.2) is 0 Å². The van der Waals surface area contributed by atoms with Gasteiger partial charge in [-0.2, -0.15) is 0 Å². The van der Waals surface area contributed by atoms with E-state index in [1.807, 2.05) is 42.6 Å². The maximum atomic E-state index is 7.51. The predicted octanol–water partition coefficient (Wildman–Crippen LogP) is 4.99. The third-order valence-electron chi connectivity index (χ3n) is 3.33. The fourth-order valence-corrected chi connectivity index (χ4v) is 2.82. The molecule has 2 aromatic carbocycles. The van der Waals surface area contributed by atoms with Gasteiger partial charge in [0.2, 0.25) is 0 Å². The first-order valence-corrected chi connectivity index (χ1v) is 6.97. The van der Waals surface area contributed by atoms with E-state index in [-0.39, 0.29) is 0 Å². The average Bonchev–Trinajstić information content (AvgIpc) is 2.80. The molecule has 0 amide bonds. The van der Waals surface area contributed by atoms with Crippen LogP contribution < -0.4 is 0 Å². The highest BCUT2D eigenvalue weighted by Crippen LogP contribution is 2.25. The van der Waals surface area contributed by atoms with Crippen molar-refractivity contribution in [2.24, 2.45) is 0 Å². The molecule has 0 radical (unpaired) electrons. The Morgan fingerprint density at radius 1 is 1.10 bits per heavy atom. The molecule has 0 unspecified atom stereocenters. The summed E-state index contributed by atoms with van der Waals surface area (Å²) in [6.45, 7) is 0.657. The van der Waals surface area contributed by atoms with Crippen LogP contribution in [0.1, 0.15) is 11.1 Å². The highest BCUT2D eigenvalue weighted by atomic mass is 35.5. The Morgan fingerprint density at radius 2 is 1.90 bits per heavy atom. The molecule has 0 saturated heterocycles. The Kier molecular flexibility index (Phi) is 3.51. The largest absolute Gasteiger partial charge is 0.342 e. The van der Waals surface area contributed by atoms with Crippen molar-refractivity contribution >= 4 is 40.3 Å². The second-order valence-corrected chi connectivity index (χ2v) is 5.45. The molecule has 1 heterocycles. The Hall–Kier alpha value is -1.77. The zero-order valence-electron chi connectivity index (χ0n) is 10.6. The maximum absolute atomic E-state index is 7.51. The van der Waals surface area contributed by atoms with Crippen LogP contribution in [0.5, 0.6) is 0 Å². The summed E-state index contributed by atoms with van der Waals surface area (Å²) >= 11 is 12.1. The lowest BCUT2D eigenvalue weighted by molar-refractivity contribution is 0.836. The molecular formula is C16H12Cl2N2. The van der Waals surface area contributed by atoms with Gasteiger partial charge in [0.25, 0.3) is 0 Å². The van der Waals surface area contributed by atoms with Crippen LogP contribution in [0.4, 0.5) is 0 Å². The van der Waals surface area contributed by atoms with Crippen molar-refractivity contribution in [3.8, 4) is 0 Å². The highest BCUT2D eigenvalue weighted by molar-refractivity contribution is 6.35. The van der Waals surface area contributed by atoms with Crippen LogP contribution in [0.2, 0.25) is 10.0 Å². The fraction of sp³-hybridized carbons (Fsp3) is 0.0625. The summed E-state index contributed by atoms with van der Waals surface area (Å²) < 4.78 is 2.10. The lowest BCUT2D eigenvalue weighted by atomic mass is 10.2. The number of hydrogen-bond donors (Lipinski definition) is 1. The van der Waals surface area contributed by atoms with Gasteiger partial charge in [-0.05, 0) is 23.8 Å². The van der Waals surface area contributed by atoms with Crippen LogP contribution >= 0.6 is 23.2 Å². The summed E-state index contributed by atoms with van der Waals surface area (Å²) in [5.74, 6) is 0. The van der Waals surface area contributed by atoms with Crippen molar-refractivity contribution < 1.29 is 0 Å². The molecule has 0 aliphatic heterocycles. The lowest BCUT2D eigenvalue weighted by Gasteiger charge is -2.08. The average molecular weight is 303 g/mol. The molecule has 4 heteroatoms. The van der Waals surface area contributed by atoms with E-state index in [1.165, 1.54) is 6.21 Å². The van der Waals surface area contributed by atoms with E-state index in [0.29, 0.717) is 16.6 Å². The molecule has 2 nitrogen and oxygen atoms in total. The van der Waals surface area contributed by atoms with Crippen molar-refractivity contribution in [2.45, 2.75) is 6.54 Å². The standard InChI is InChI=1S/C16H12Cl2N2/c17-13-6-5-11(15(18)7-13)9-20-10-12(8-19)14-3-1-2-4-16(14)20/h1-8,10,19H,9H2. The number of hydrogen-bond acceptors (Lipinski definition) is 1. The van der Waals surface area contributed by atoms with Crippen molar-refractivity contribution in [1.82, 2.24) is 4.57 Å². The predicted molar refractivity (Wildman–Crippen MR) is 85.4 cm³/mol. The number of nitrogens with zero attached hydrogens (tertiary/aromatic N) is 1. The van der Waals surface area contributed by atoms with Gasteiger partial charge in [-0.15, -0.1) is 0 Å². The summed E-state index contributed by atoms with van der Waals surface area (Å²) in [4.78, 5) is 0. The molecule has 0 atom stereocenters. The number of fused-ring (bicyclic) bond motifs is 1. The molecule has 3 aromatic rings. The first-order valence-electron chi connectivity index (χ1n) is 6.21. The highest BCUT2D eigenvalue weighted by Gasteiger charge is 2.08. The summed E-state index contributed by atoms with van der Waals surface area (Å²) in [7, 11) is 0. The van der Waals surface area contributed by atoms with Crippen molar-refractivity contribution in [3.05, 3.63) is 69.8 Å². The summed E-state index contributed by atoms with van der Waals surface area (Å²) in [6.07, 6.45) is 3.35. The summed E-state index contributed by atoms with van der Waals surface area (Å²) in [5.41, 5.74) is 3.01. The fourth-order valence-electron chi connectivity index (χ4n) is 2.35. The van der Waals surface area contributed by atoms with E-state index in [4.69, 9.17) is 28.6 Å². The third-order valence-corrected chi connectivity index (χ3v) is 3.92. The number of halogens is 2. The zero-order valence-corrected chi connectivity index (χ0v) is 12.1. The van der Waals surface area contributed by atoms with Gasteiger partial charge >= 0.3 is 0 Å². The molecule has 3 rings (SSSR count). The second kappa shape index (κ2) is 5.31. The smallest absolute Gasteiger partial charge is 0.0491 e. The van der Waals surface area contributed by atoms with Gasteiger partial charge in [0.05, 0.1) is 0 Å². The molecule has 0 fully saturated rings. The Bertz CT molecular complexity index is 790. The van der Waals surface area contributed by atoms with E-state index in [9.17, 15) is 0 Å². The van der Waals surface area contributed by atoms with Crippen LogP contribution in [-0.2, 0) is 6.54 Å². The number of para-hydroxylation sites is 1. The van der Waals surface area contributed by atoms with Gasteiger partial charge in [0.1, 0.15) is 0 Å². The molecule has 1 N–H and O–H groups in total. The Labute approximate surface area is 127 Å². The minimum atomic E-state index is 0.635. The summed E-state index contributed by atoms with van der Waals surface area (Å²) in [6, 6.07) is 13.6. The van der Waals surface area contributed by atoms with E-state index in [0.717, 1.165) is 22.0 Å². The van der Waals surface area contributed by atoms with E-state index in [1.54, 1.807) is 6.07 Å². The monoisotopic (exact) mass is 302 g/mol. The zero-order chi connectivity index (χ0) is 14.1. The molecule has 100 valence electrons. The normalized spacial score (nSPS) is 10.9. The van der Waals surface area contributed by atoms with Crippen LogP contribution in [0.15, 0.2) is 48.7 Å². The Morgan fingerprint density at radius 3 is 2.65 bits per heavy atom. The Balaban J connectivity index is 2.09.